The van der Waals surface area contributed by atoms with E-state index in [-0.39, 0.29) is 5.91 Å². The lowest BCUT2D eigenvalue weighted by molar-refractivity contribution is 0.0985. The van der Waals surface area contributed by atoms with E-state index in [1.807, 2.05) is 65.5 Å². The lowest BCUT2D eigenvalue weighted by Gasteiger charge is -2.20. The molecule has 0 saturated carbocycles. The van der Waals surface area contributed by atoms with E-state index in [2.05, 4.69) is 12.0 Å². The predicted octanol–water partition coefficient (Wildman–Crippen LogP) is 5.02. The van der Waals surface area contributed by atoms with Gasteiger partial charge in [0, 0.05) is 24.5 Å². The molecule has 0 aliphatic heterocycles. The van der Waals surface area contributed by atoms with E-state index >= 15 is 0 Å². The molecule has 0 aliphatic rings. The minimum atomic E-state index is -0.0821. The van der Waals surface area contributed by atoms with Crippen molar-refractivity contribution in [3.8, 4) is 5.75 Å². The van der Waals surface area contributed by atoms with Crippen LogP contribution in [0.1, 0.15) is 30.1 Å². The molecule has 154 valence electrons. The lowest BCUT2D eigenvalue weighted by atomic mass is 10.2. The van der Waals surface area contributed by atoms with Crippen LogP contribution >= 0.6 is 11.3 Å². The second-order valence-corrected chi connectivity index (χ2v) is 7.93. The molecule has 0 fully saturated rings. The number of hydrogen-bond donors (Lipinski definition) is 0. The molecule has 1 amide bonds. The average Bonchev–Trinajstić information content (AvgIpc) is 3.44. The van der Waals surface area contributed by atoms with E-state index in [0.29, 0.717) is 30.4 Å². The van der Waals surface area contributed by atoms with Crippen molar-refractivity contribution in [1.29, 1.82) is 0 Å². The van der Waals surface area contributed by atoms with Gasteiger partial charge in [0.2, 0.25) is 0 Å². The maximum Gasteiger partial charge on any atom is 0.260 e. The van der Waals surface area contributed by atoms with Crippen molar-refractivity contribution in [3.63, 3.8) is 0 Å². The summed E-state index contributed by atoms with van der Waals surface area (Å²) >= 11 is 1.52. The normalized spacial score (nSPS) is 11.0. The van der Waals surface area contributed by atoms with Gasteiger partial charge in [-0.3, -0.25) is 14.4 Å². The Labute approximate surface area is 179 Å². The largest absolute Gasteiger partial charge is 0.494 e. The third-order valence-electron chi connectivity index (χ3n) is 4.74. The van der Waals surface area contributed by atoms with Crippen LogP contribution in [0.3, 0.4) is 0 Å². The van der Waals surface area contributed by atoms with Gasteiger partial charge in [-0.15, -0.1) is 0 Å². The van der Waals surface area contributed by atoms with E-state index in [4.69, 9.17) is 9.72 Å². The molecule has 2 aromatic carbocycles. The zero-order valence-corrected chi connectivity index (χ0v) is 17.7. The minimum absolute atomic E-state index is 0.0821. The summed E-state index contributed by atoms with van der Waals surface area (Å²) in [6.07, 6.45) is 5.73. The molecule has 0 aliphatic carbocycles. The number of hydrogen-bond acceptors (Lipinski definition) is 5. The molecule has 0 unspecified atom stereocenters. The summed E-state index contributed by atoms with van der Waals surface area (Å²) in [7, 11) is 0. The molecule has 4 rings (SSSR count). The highest BCUT2D eigenvalue weighted by Crippen LogP contribution is 2.29. The van der Waals surface area contributed by atoms with Crippen LogP contribution in [0.4, 0.5) is 5.13 Å². The van der Waals surface area contributed by atoms with Crippen molar-refractivity contribution in [2.75, 3.05) is 18.1 Å². The third-order valence-corrected chi connectivity index (χ3v) is 5.80. The van der Waals surface area contributed by atoms with Crippen molar-refractivity contribution >= 4 is 32.6 Å². The molecular weight excluding hydrogens is 396 g/mol. The Balaban J connectivity index is 1.57. The quantitative estimate of drug-likeness (QED) is 0.357. The number of amides is 1. The van der Waals surface area contributed by atoms with Gasteiger partial charge in [0.15, 0.2) is 5.13 Å². The number of carbonyl (C=O) groups is 1. The van der Waals surface area contributed by atoms with Crippen LogP contribution in [0.5, 0.6) is 5.75 Å². The van der Waals surface area contributed by atoms with Gasteiger partial charge in [-0.05, 0) is 48.9 Å². The smallest absolute Gasteiger partial charge is 0.260 e. The van der Waals surface area contributed by atoms with Gasteiger partial charge >= 0.3 is 0 Å². The zero-order valence-electron chi connectivity index (χ0n) is 16.9. The molecule has 2 aromatic heterocycles. The van der Waals surface area contributed by atoms with Crippen molar-refractivity contribution in [3.05, 3.63) is 72.6 Å². The van der Waals surface area contributed by atoms with Crippen LogP contribution in [-0.4, -0.2) is 33.8 Å². The van der Waals surface area contributed by atoms with Gasteiger partial charge in [-0.1, -0.05) is 36.8 Å². The van der Waals surface area contributed by atoms with Gasteiger partial charge in [0.25, 0.3) is 5.91 Å². The Bertz CT molecular complexity index is 1060. The fourth-order valence-corrected chi connectivity index (χ4v) is 4.07. The summed E-state index contributed by atoms with van der Waals surface area (Å²) in [5, 5.41) is 4.94. The van der Waals surface area contributed by atoms with Crippen LogP contribution in [0, 0.1) is 0 Å². The summed E-state index contributed by atoms with van der Waals surface area (Å²) in [6.45, 7) is 3.89. The van der Waals surface area contributed by atoms with Crippen molar-refractivity contribution < 1.29 is 9.53 Å². The number of thiazole rings is 1. The molecule has 0 atom stereocenters. The van der Waals surface area contributed by atoms with Gasteiger partial charge < -0.3 is 4.74 Å². The molecule has 2 heterocycles. The minimum Gasteiger partial charge on any atom is -0.494 e. The zero-order chi connectivity index (χ0) is 20.8. The van der Waals surface area contributed by atoms with Crippen LogP contribution in [0.25, 0.3) is 10.2 Å². The van der Waals surface area contributed by atoms with E-state index in [0.717, 1.165) is 28.8 Å². The first kappa shape index (κ1) is 20.1. The molecule has 0 radical (unpaired) electrons. The first-order valence-corrected chi connectivity index (χ1v) is 10.9. The number of fused-ring (bicyclic) bond motifs is 1. The second-order valence-electron chi connectivity index (χ2n) is 6.92. The summed E-state index contributed by atoms with van der Waals surface area (Å²) in [4.78, 5) is 19.8. The van der Waals surface area contributed by atoms with E-state index < -0.39 is 0 Å². The molecule has 4 aromatic rings. The van der Waals surface area contributed by atoms with Crippen molar-refractivity contribution in [2.45, 2.75) is 26.3 Å². The van der Waals surface area contributed by atoms with Crippen LogP contribution in [0.2, 0.25) is 0 Å². The Kier molecular flexibility index (Phi) is 6.39. The maximum absolute atomic E-state index is 13.4. The second kappa shape index (κ2) is 9.54. The summed E-state index contributed by atoms with van der Waals surface area (Å²) in [5.74, 6) is 0.699. The van der Waals surface area contributed by atoms with Gasteiger partial charge in [-0.2, -0.15) is 5.10 Å². The molecular formula is C23H24N4O2S. The van der Waals surface area contributed by atoms with Crippen LogP contribution < -0.4 is 9.64 Å². The number of unbranched alkanes of at least 4 members (excludes halogenated alkanes) is 1. The topological polar surface area (TPSA) is 60.2 Å². The highest BCUT2D eigenvalue weighted by Gasteiger charge is 2.21. The standard InChI is InChI=1S/C23H24N4O2S/c1-2-3-17-29-19-11-9-18(10-12-19)22(28)27(16-15-26-14-6-13-24-26)23-25-20-7-4-5-8-21(20)30-23/h4-14H,2-3,15-17H2,1H3. The Morgan fingerprint density at radius 3 is 2.70 bits per heavy atom. The van der Waals surface area contributed by atoms with Gasteiger partial charge in [-0.25, -0.2) is 4.98 Å². The fraction of sp³-hybridized carbons (Fsp3) is 0.261. The lowest BCUT2D eigenvalue weighted by Crippen LogP contribution is -2.34. The number of para-hydroxylation sites is 1. The van der Waals surface area contributed by atoms with E-state index in [1.54, 1.807) is 11.1 Å². The third kappa shape index (κ3) is 4.68. The molecule has 0 bridgehead atoms. The molecule has 30 heavy (non-hydrogen) atoms. The number of carbonyl (C=O) groups excluding carboxylic acids is 1. The number of ether oxygens (including phenoxy) is 1. The van der Waals surface area contributed by atoms with Gasteiger partial charge in [0.05, 0.1) is 23.4 Å². The fourth-order valence-electron chi connectivity index (χ4n) is 3.08. The predicted molar refractivity (Wildman–Crippen MR) is 120 cm³/mol. The van der Waals surface area contributed by atoms with E-state index in [1.165, 1.54) is 11.3 Å². The molecule has 0 spiro atoms. The number of benzene rings is 2. The monoisotopic (exact) mass is 420 g/mol. The Hall–Kier alpha value is -3.19. The molecule has 6 nitrogen and oxygen atoms in total. The number of aromatic nitrogens is 3. The van der Waals surface area contributed by atoms with Gasteiger partial charge in [0.1, 0.15) is 5.75 Å². The number of nitrogens with zero attached hydrogens (tertiary/aromatic N) is 4. The highest BCUT2D eigenvalue weighted by atomic mass is 32.1. The first-order chi connectivity index (χ1) is 14.7. The summed E-state index contributed by atoms with van der Waals surface area (Å²) in [6, 6.07) is 17.1. The van der Waals surface area contributed by atoms with Crippen LogP contribution in [0.15, 0.2) is 67.0 Å². The molecule has 0 saturated heterocycles. The van der Waals surface area contributed by atoms with E-state index in [9.17, 15) is 4.79 Å². The number of rotatable bonds is 9. The van der Waals surface area contributed by atoms with Crippen LogP contribution in [-0.2, 0) is 6.54 Å². The summed E-state index contributed by atoms with van der Waals surface area (Å²) in [5.41, 5.74) is 1.51. The summed E-state index contributed by atoms with van der Waals surface area (Å²) < 4.78 is 8.59. The number of anilines is 1. The van der Waals surface area contributed by atoms with Crippen molar-refractivity contribution in [1.82, 2.24) is 14.8 Å². The molecule has 7 heteroatoms. The maximum atomic E-state index is 13.4. The highest BCUT2D eigenvalue weighted by molar-refractivity contribution is 7.22. The average molecular weight is 421 g/mol. The van der Waals surface area contributed by atoms with Crippen molar-refractivity contribution in [2.24, 2.45) is 0 Å². The first-order valence-electron chi connectivity index (χ1n) is 10.1. The Morgan fingerprint density at radius 1 is 1.13 bits per heavy atom. The SMILES string of the molecule is CCCCOc1ccc(C(=O)N(CCn2cccn2)c2nc3ccccc3s2)cc1. The Morgan fingerprint density at radius 2 is 1.97 bits per heavy atom. The molecule has 0 N–H and O–H groups in total.